The van der Waals surface area contributed by atoms with E-state index in [0.717, 1.165) is 25.7 Å². The molecule has 7 heteroatoms. The molecule has 0 atom stereocenters. The summed E-state index contributed by atoms with van der Waals surface area (Å²) in [6.07, 6.45) is 3.42. The van der Waals surface area contributed by atoms with Gasteiger partial charge in [0.25, 0.3) is 0 Å². The van der Waals surface area contributed by atoms with Crippen LogP contribution in [0.15, 0.2) is 18.2 Å². The minimum atomic E-state index is -0.209. The Morgan fingerprint density at radius 3 is 2.36 bits per heavy atom. The molecule has 0 unspecified atom stereocenters. The predicted octanol–water partition coefficient (Wildman–Crippen LogP) is 1.65. The van der Waals surface area contributed by atoms with Crippen LogP contribution in [0.4, 0.5) is 0 Å². The third-order valence-electron chi connectivity index (χ3n) is 4.20. The average Bonchev–Trinajstić information content (AvgIpc) is 2.61. The zero-order valence-electron chi connectivity index (χ0n) is 15.0. The molecule has 1 aromatic carbocycles. The first-order valence-electron chi connectivity index (χ1n) is 8.45. The van der Waals surface area contributed by atoms with Crippen LogP contribution < -0.4 is 24.8 Å². The van der Waals surface area contributed by atoms with Gasteiger partial charge in [-0.05, 0) is 37.8 Å². The van der Waals surface area contributed by atoms with Gasteiger partial charge in [-0.1, -0.05) is 6.07 Å². The van der Waals surface area contributed by atoms with E-state index in [2.05, 4.69) is 10.6 Å². The van der Waals surface area contributed by atoms with Crippen LogP contribution >= 0.6 is 0 Å². The third-order valence-corrected chi connectivity index (χ3v) is 4.20. The molecule has 2 amide bonds. The summed E-state index contributed by atoms with van der Waals surface area (Å²) in [5, 5.41) is 5.44. The highest BCUT2D eigenvalue weighted by Gasteiger charge is 2.25. The summed E-state index contributed by atoms with van der Waals surface area (Å²) in [5.41, 5.74) is 0. The molecule has 1 fully saturated rings. The Balaban J connectivity index is 1.83. The second-order valence-corrected chi connectivity index (χ2v) is 6.06. The number of nitrogens with one attached hydrogen (secondary N) is 2. The molecular formula is C18H26N2O5. The highest BCUT2D eigenvalue weighted by Crippen LogP contribution is 2.38. The van der Waals surface area contributed by atoms with Gasteiger partial charge in [-0.2, -0.15) is 0 Å². The van der Waals surface area contributed by atoms with Gasteiger partial charge in [0.15, 0.2) is 11.5 Å². The normalized spacial score (nSPS) is 19.6. The fourth-order valence-electron chi connectivity index (χ4n) is 2.94. The fraction of sp³-hybridized carbons (Fsp3) is 0.556. The first kappa shape index (κ1) is 18.9. The van der Waals surface area contributed by atoms with Crippen molar-refractivity contribution in [2.45, 2.75) is 44.8 Å². The van der Waals surface area contributed by atoms with Gasteiger partial charge < -0.3 is 24.8 Å². The number of hydrogen-bond acceptors (Lipinski definition) is 5. The van der Waals surface area contributed by atoms with Crippen LogP contribution in [0.3, 0.4) is 0 Å². The number of ether oxygens (including phenoxy) is 3. The number of para-hydroxylation sites is 1. The zero-order chi connectivity index (χ0) is 18.2. The highest BCUT2D eigenvalue weighted by atomic mass is 16.5. The molecule has 0 aromatic heterocycles. The quantitative estimate of drug-likeness (QED) is 0.781. The SMILES string of the molecule is COc1cccc(OC2CCC(NC(=O)CNC(C)=O)CC2)c1OC. The van der Waals surface area contributed by atoms with Gasteiger partial charge in [0, 0.05) is 13.0 Å². The Hall–Kier alpha value is -2.44. The number of carbonyl (C=O) groups excluding carboxylic acids is 2. The van der Waals surface area contributed by atoms with Crippen molar-refractivity contribution in [3.63, 3.8) is 0 Å². The van der Waals surface area contributed by atoms with E-state index in [1.54, 1.807) is 14.2 Å². The van der Waals surface area contributed by atoms with E-state index in [1.807, 2.05) is 18.2 Å². The van der Waals surface area contributed by atoms with E-state index in [-0.39, 0.29) is 30.5 Å². The van der Waals surface area contributed by atoms with Crippen molar-refractivity contribution in [1.29, 1.82) is 0 Å². The van der Waals surface area contributed by atoms with E-state index >= 15 is 0 Å². The van der Waals surface area contributed by atoms with Crippen molar-refractivity contribution in [3.05, 3.63) is 18.2 Å². The van der Waals surface area contributed by atoms with Gasteiger partial charge in [-0.15, -0.1) is 0 Å². The lowest BCUT2D eigenvalue weighted by Gasteiger charge is -2.30. The monoisotopic (exact) mass is 350 g/mol. The summed E-state index contributed by atoms with van der Waals surface area (Å²) in [4.78, 5) is 22.6. The Kier molecular flexibility index (Phi) is 6.91. The smallest absolute Gasteiger partial charge is 0.239 e. The number of rotatable bonds is 7. The Morgan fingerprint density at radius 2 is 1.76 bits per heavy atom. The van der Waals surface area contributed by atoms with E-state index in [0.29, 0.717) is 17.2 Å². The number of amides is 2. The molecule has 0 radical (unpaired) electrons. The van der Waals surface area contributed by atoms with Crippen molar-refractivity contribution in [3.8, 4) is 17.2 Å². The molecule has 1 aliphatic rings. The summed E-state index contributed by atoms with van der Waals surface area (Å²) in [6.45, 7) is 1.41. The maximum Gasteiger partial charge on any atom is 0.239 e. The van der Waals surface area contributed by atoms with Crippen LogP contribution in [0.25, 0.3) is 0 Å². The molecule has 0 aliphatic heterocycles. The second kappa shape index (κ2) is 9.15. The van der Waals surface area contributed by atoms with Crippen LogP contribution in [0.1, 0.15) is 32.6 Å². The largest absolute Gasteiger partial charge is 0.493 e. The number of carbonyl (C=O) groups is 2. The summed E-state index contributed by atoms with van der Waals surface area (Å²) in [6, 6.07) is 5.67. The zero-order valence-corrected chi connectivity index (χ0v) is 15.0. The molecule has 0 heterocycles. The summed E-state index contributed by atoms with van der Waals surface area (Å²) < 4.78 is 16.7. The van der Waals surface area contributed by atoms with Crippen molar-refractivity contribution in [1.82, 2.24) is 10.6 Å². The standard InChI is InChI=1S/C18H26N2O5/c1-12(21)19-11-17(22)20-13-7-9-14(10-8-13)25-16-6-4-5-15(23-2)18(16)24-3/h4-6,13-14H,7-11H2,1-3H3,(H,19,21)(H,20,22). The lowest BCUT2D eigenvalue weighted by Crippen LogP contribution is -2.44. The predicted molar refractivity (Wildman–Crippen MR) is 93.0 cm³/mol. The van der Waals surface area contributed by atoms with E-state index in [9.17, 15) is 9.59 Å². The molecule has 0 saturated heterocycles. The van der Waals surface area contributed by atoms with E-state index < -0.39 is 0 Å². The fourth-order valence-corrected chi connectivity index (χ4v) is 2.94. The minimum Gasteiger partial charge on any atom is -0.493 e. The first-order valence-corrected chi connectivity index (χ1v) is 8.45. The Bertz CT molecular complexity index is 597. The van der Waals surface area contributed by atoms with Gasteiger partial charge >= 0.3 is 0 Å². The third kappa shape index (κ3) is 5.55. The molecule has 1 aliphatic carbocycles. The van der Waals surface area contributed by atoms with Crippen LogP contribution in [0, 0.1) is 0 Å². The number of hydrogen-bond donors (Lipinski definition) is 2. The summed E-state index contributed by atoms with van der Waals surface area (Å²) in [5.74, 6) is 1.53. The molecule has 138 valence electrons. The lowest BCUT2D eigenvalue weighted by atomic mass is 9.93. The molecular weight excluding hydrogens is 324 g/mol. The minimum absolute atomic E-state index is 0.0206. The van der Waals surface area contributed by atoms with Crippen molar-refractivity contribution < 1.29 is 23.8 Å². The lowest BCUT2D eigenvalue weighted by molar-refractivity contribution is -0.125. The molecule has 7 nitrogen and oxygen atoms in total. The van der Waals surface area contributed by atoms with Crippen LogP contribution in [0.2, 0.25) is 0 Å². The second-order valence-electron chi connectivity index (χ2n) is 6.06. The molecule has 1 saturated carbocycles. The molecule has 2 N–H and O–H groups in total. The van der Waals surface area contributed by atoms with Gasteiger partial charge in [0.05, 0.1) is 26.9 Å². The number of methoxy groups -OCH3 is 2. The Morgan fingerprint density at radius 1 is 1.08 bits per heavy atom. The summed E-state index contributed by atoms with van der Waals surface area (Å²) >= 11 is 0. The maximum absolute atomic E-state index is 11.8. The molecule has 25 heavy (non-hydrogen) atoms. The average molecular weight is 350 g/mol. The van der Waals surface area contributed by atoms with E-state index in [4.69, 9.17) is 14.2 Å². The molecule has 2 rings (SSSR count). The molecule has 0 bridgehead atoms. The van der Waals surface area contributed by atoms with Crippen molar-refractivity contribution >= 4 is 11.8 Å². The van der Waals surface area contributed by atoms with Crippen LogP contribution in [-0.4, -0.2) is 44.7 Å². The maximum atomic E-state index is 11.8. The first-order chi connectivity index (χ1) is 12.0. The van der Waals surface area contributed by atoms with E-state index in [1.165, 1.54) is 6.92 Å². The van der Waals surface area contributed by atoms with Crippen LogP contribution in [0.5, 0.6) is 17.2 Å². The molecule has 1 aromatic rings. The summed E-state index contributed by atoms with van der Waals surface area (Å²) in [7, 11) is 3.18. The van der Waals surface area contributed by atoms with Gasteiger partial charge in [-0.3, -0.25) is 9.59 Å². The van der Waals surface area contributed by atoms with Crippen molar-refractivity contribution in [2.24, 2.45) is 0 Å². The highest BCUT2D eigenvalue weighted by molar-refractivity contribution is 5.83. The number of benzene rings is 1. The van der Waals surface area contributed by atoms with Gasteiger partial charge in [-0.25, -0.2) is 0 Å². The Labute approximate surface area is 148 Å². The van der Waals surface area contributed by atoms with Crippen LogP contribution in [-0.2, 0) is 9.59 Å². The van der Waals surface area contributed by atoms with Gasteiger partial charge in [0.1, 0.15) is 0 Å². The van der Waals surface area contributed by atoms with Crippen molar-refractivity contribution in [2.75, 3.05) is 20.8 Å². The van der Waals surface area contributed by atoms with Gasteiger partial charge in [0.2, 0.25) is 17.6 Å². The topological polar surface area (TPSA) is 85.9 Å². The molecule has 0 spiro atoms.